The van der Waals surface area contributed by atoms with Crippen molar-refractivity contribution in [3.05, 3.63) is 59.7 Å². The van der Waals surface area contributed by atoms with Crippen LogP contribution in [0.5, 0.6) is 11.9 Å². The molecule has 12 heteroatoms. The first-order valence-electron chi connectivity index (χ1n) is 16.8. The van der Waals surface area contributed by atoms with Crippen LogP contribution >= 0.6 is 0 Å². The van der Waals surface area contributed by atoms with E-state index in [1.165, 1.54) is 11.0 Å². The largest absolute Gasteiger partial charge is 0.472 e. The van der Waals surface area contributed by atoms with E-state index in [9.17, 15) is 9.90 Å². The fourth-order valence-corrected chi connectivity index (χ4v) is 9.27. The molecule has 1 N–H and O–H groups in total. The van der Waals surface area contributed by atoms with Crippen LogP contribution < -0.4 is 14.4 Å². The third kappa shape index (κ3) is 4.21. The number of halogens is 2. The van der Waals surface area contributed by atoms with Crippen LogP contribution in [0.4, 0.5) is 19.4 Å². The molecule has 2 aromatic heterocycles. The van der Waals surface area contributed by atoms with Gasteiger partial charge in [0.15, 0.2) is 5.82 Å². The summed E-state index contributed by atoms with van der Waals surface area (Å²) in [5, 5.41) is 11.4. The third-order valence-electron chi connectivity index (χ3n) is 11.5. The molecule has 5 unspecified atom stereocenters. The molecule has 1 amide bonds. The number of carboxylic acid groups (broad SMARTS) is 1. The molecule has 5 atom stereocenters. The predicted molar refractivity (Wildman–Crippen MR) is 179 cm³/mol. The Morgan fingerprint density at radius 1 is 1.18 bits per heavy atom. The number of piperazine rings is 1. The van der Waals surface area contributed by atoms with Crippen molar-refractivity contribution in [2.24, 2.45) is 0 Å². The van der Waals surface area contributed by atoms with Gasteiger partial charge in [0.1, 0.15) is 40.9 Å². The molecule has 250 valence electrons. The quantitative estimate of drug-likeness (QED) is 0.216. The van der Waals surface area contributed by atoms with Crippen molar-refractivity contribution in [3.8, 4) is 35.5 Å². The number of pyridine rings is 1. The smallest absolute Gasteiger partial charge is 0.407 e. The van der Waals surface area contributed by atoms with E-state index in [2.05, 4.69) is 22.4 Å². The highest BCUT2D eigenvalue weighted by Crippen LogP contribution is 2.48. The van der Waals surface area contributed by atoms with E-state index in [-0.39, 0.29) is 58.3 Å². The third-order valence-corrected chi connectivity index (χ3v) is 11.5. The van der Waals surface area contributed by atoms with E-state index in [1.54, 1.807) is 24.3 Å². The second-order valence-corrected chi connectivity index (χ2v) is 13.8. The van der Waals surface area contributed by atoms with Gasteiger partial charge in [-0.1, -0.05) is 42.3 Å². The minimum Gasteiger partial charge on any atom is -0.472 e. The molecule has 0 spiro atoms. The van der Waals surface area contributed by atoms with Gasteiger partial charge in [0.05, 0.1) is 29.2 Å². The van der Waals surface area contributed by atoms with E-state index >= 15 is 8.78 Å². The summed E-state index contributed by atoms with van der Waals surface area (Å²) in [4.78, 5) is 32.7. The summed E-state index contributed by atoms with van der Waals surface area (Å²) in [7, 11) is 0. The van der Waals surface area contributed by atoms with Gasteiger partial charge < -0.3 is 19.5 Å². The van der Waals surface area contributed by atoms with Crippen LogP contribution in [0.3, 0.4) is 0 Å². The number of benzene rings is 2. The van der Waals surface area contributed by atoms with Crippen molar-refractivity contribution >= 4 is 33.6 Å². The number of amides is 1. The SMILES string of the molecule is C#Cc1c(F)ccc2cccc(-c3nc4c5c(nc(OCC67CCCN6CCC7=C)nc5c3F)N3CC5CCC(C3C(C)O4)N5C(=O)O)c12. The van der Waals surface area contributed by atoms with Crippen molar-refractivity contribution in [1.29, 1.82) is 0 Å². The number of aromatic nitrogens is 3. The van der Waals surface area contributed by atoms with Crippen LogP contribution in [0.15, 0.2) is 42.5 Å². The zero-order valence-corrected chi connectivity index (χ0v) is 27.0. The molecular weight excluding hydrogens is 630 g/mol. The summed E-state index contributed by atoms with van der Waals surface area (Å²) in [6.07, 6.45) is 8.41. The molecule has 2 aromatic carbocycles. The number of terminal acetylenes is 1. The van der Waals surface area contributed by atoms with Gasteiger partial charge in [-0.05, 0) is 57.0 Å². The normalized spacial score (nSPS) is 27.2. The monoisotopic (exact) mass is 664 g/mol. The lowest BCUT2D eigenvalue weighted by Gasteiger charge is -2.47. The number of ether oxygens (including phenoxy) is 2. The average molecular weight is 665 g/mol. The van der Waals surface area contributed by atoms with Gasteiger partial charge in [0, 0.05) is 24.0 Å². The van der Waals surface area contributed by atoms with Crippen molar-refractivity contribution in [2.75, 3.05) is 31.1 Å². The summed E-state index contributed by atoms with van der Waals surface area (Å²) in [5.74, 6) is 1.58. The summed E-state index contributed by atoms with van der Waals surface area (Å²) < 4.78 is 45.2. The van der Waals surface area contributed by atoms with Crippen LogP contribution in [0.25, 0.3) is 32.9 Å². The van der Waals surface area contributed by atoms with Gasteiger partial charge in [0.25, 0.3) is 0 Å². The topological polar surface area (TPSA) is 104 Å². The number of fused-ring (bicyclic) bond motifs is 7. The van der Waals surface area contributed by atoms with Crippen molar-refractivity contribution < 1.29 is 28.2 Å². The molecule has 4 fully saturated rings. The predicted octanol–water partition coefficient (Wildman–Crippen LogP) is 5.76. The van der Waals surface area contributed by atoms with E-state index < -0.39 is 29.9 Å². The maximum atomic E-state index is 17.2. The highest BCUT2D eigenvalue weighted by Gasteiger charge is 2.53. The first-order chi connectivity index (χ1) is 23.7. The average Bonchev–Trinajstić information content (AvgIpc) is 3.72. The summed E-state index contributed by atoms with van der Waals surface area (Å²) in [6.45, 7) is 8.71. The minimum absolute atomic E-state index is 0.0000160. The Morgan fingerprint density at radius 2 is 2.04 bits per heavy atom. The number of rotatable bonds is 4. The van der Waals surface area contributed by atoms with Crippen LogP contribution in [0.2, 0.25) is 0 Å². The maximum Gasteiger partial charge on any atom is 0.407 e. The van der Waals surface area contributed by atoms with Crippen molar-refractivity contribution in [3.63, 3.8) is 0 Å². The molecule has 0 radical (unpaired) electrons. The van der Waals surface area contributed by atoms with Gasteiger partial charge in [-0.15, -0.1) is 6.42 Å². The van der Waals surface area contributed by atoms with Gasteiger partial charge >= 0.3 is 12.1 Å². The number of hydrogen-bond donors (Lipinski definition) is 1. The van der Waals surface area contributed by atoms with Gasteiger partial charge in [0.2, 0.25) is 5.88 Å². The fraction of sp³-hybridized carbons (Fsp3) is 0.405. The number of hydrogen-bond acceptors (Lipinski definition) is 8. The molecule has 4 saturated heterocycles. The molecule has 5 aliphatic rings. The number of anilines is 1. The first-order valence-corrected chi connectivity index (χ1v) is 16.8. The zero-order valence-electron chi connectivity index (χ0n) is 27.0. The molecular formula is C37H34F2N6O4. The molecule has 49 heavy (non-hydrogen) atoms. The van der Waals surface area contributed by atoms with E-state index in [0.717, 1.165) is 37.9 Å². The Balaban J connectivity index is 1.26. The molecule has 0 aliphatic carbocycles. The number of nitrogens with zero attached hydrogens (tertiary/aromatic N) is 6. The Hall–Kier alpha value is -5.02. The van der Waals surface area contributed by atoms with E-state index in [0.29, 0.717) is 41.5 Å². The molecule has 2 bridgehead atoms. The van der Waals surface area contributed by atoms with Crippen LogP contribution in [-0.4, -0.2) is 92.0 Å². The van der Waals surface area contributed by atoms with Gasteiger partial charge in [-0.25, -0.2) is 18.6 Å². The number of carbonyl (C=O) groups is 1. The Bertz CT molecular complexity index is 2150. The summed E-state index contributed by atoms with van der Waals surface area (Å²) in [6, 6.07) is 6.99. The van der Waals surface area contributed by atoms with Crippen molar-refractivity contribution in [2.45, 2.75) is 68.8 Å². The summed E-state index contributed by atoms with van der Waals surface area (Å²) in [5.41, 5.74) is 0.921. The van der Waals surface area contributed by atoms with Crippen LogP contribution in [-0.2, 0) is 0 Å². The van der Waals surface area contributed by atoms with Crippen LogP contribution in [0, 0.1) is 24.0 Å². The lowest BCUT2D eigenvalue weighted by Crippen LogP contribution is -2.64. The highest BCUT2D eigenvalue weighted by molar-refractivity contribution is 6.03. The maximum absolute atomic E-state index is 17.2. The molecule has 4 aromatic rings. The van der Waals surface area contributed by atoms with E-state index in [4.69, 9.17) is 25.9 Å². The summed E-state index contributed by atoms with van der Waals surface area (Å²) >= 11 is 0. The standard InChI is InChI=1S/C37H34F2N6O4/c1-4-23-25(38)11-9-21-7-5-8-24(27(21)23)30-29(39)31-28-33(42-35(41-31)48-18-37-14-6-15-43(37)16-13-19(37)2)44-17-22-10-12-26(45(22)36(46)47)32(44)20(3)49-34(28)40-30/h1,5,7-9,11,20,22,26,32H,2,6,10,12-18H2,3H3,(H,46,47). The molecule has 7 heterocycles. The van der Waals surface area contributed by atoms with Crippen molar-refractivity contribution in [1.82, 2.24) is 24.8 Å². The molecule has 9 rings (SSSR count). The second-order valence-electron chi connectivity index (χ2n) is 13.8. The Labute approximate surface area is 281 Å². The Kier molecular flexibility index (Phi) is 6.59. The lowest BCUT2D eigenvalue weighted by molar-refractivity contribution is 0.0706. The molecule has 5 aliphatic heterocycles. The van der Waals surface area contributed by atoms with E-state index in [1.807, 2.05) is 11.8 Å². The molecule has 0 saturated carbocycles. The first kappa shape index (κ1) is 30.1. The lowest BCUT2D eigenvalue weighted by atomic mass is 9.91. The van der Waals surface area contributed by atoms with Gasteiger partial charge in [-0.2, -0.15) is 9.97 Å². The fourth-order valence-electron chi connectivity index (χ4n) is 9.27. The highest BCUT2D eigenvalue weighted by atomic mass is 19.1. The minimum atomic E-state index is -0.978. The van der Waals surface area contributed by atoms with Gasteiger partial charge in [-0.3, -0.25) is 9.80 Å². The second kappa shape index (κ2) is 10.7. The molecule has 10 nitrogen and oxygen atoms in total. The van der Waals surface area contributed by atoms with Crippen LogP contribution in [0.1, 0.15) is 44.6 Å². The zero-order chi connectivity index (χ0) is 33.8. The Morgan fingerprint density at radius 3 is 2.86 bits per heavy atom.